The summed E-state index contributed by atoms with van der Waals surface area (Å²) in [5, 5.41) is 26.3. The van der Waals surface area contributed by atoms with Gasteiger partial charge in [-0.2, -0.15) is 0 Å². The van der Waals surface area contributed by atoms with Crippen LogP contribution in [-0.2, 0) is 7.05 Å². The quantitative estimate of drug-likeness (QED) is 0.640. The molecule has 0 bridgehead atoms. The Labute approximate surface area is 121 Å². The Kier molecular flexibility index (Phi) is 3.80. The molecule has 10 heteroatoms. The minimum absolute atomic E-state index is 0.199. The molecule has 1 aromatic carbocycles. The van der Waals surface area contributed by atoms with Crippen molar-refractivity contribution >= 4 is 23.4 Å². The fourth-order valence-electron chi connectivity index (χ4n) is 1.61. The smallest absolute Gasteiger partial charge is 0.343 e. The number of rotatable bonds is 4. The normalized spacial score (nSPS) is 10.6. The van der Waals surface area contributed by atoms with Crippen LogP contribution < -0.4 is 5.69 Å². The molecule has 0 atom stereocenters. The van der Waals surface area contributed by atoms with Gasteiger partial charge in [0, 0.05) is 23.6 Å². The molecule has 0 fully saturated rings. The number of nitrogens with zero attached hydrogens (tertiary/aromatic N) is 3. The molecule has 0 aliphatic rings. The number of hydrogen-bond acceptors (Lipinski definition) is 6. The van der Waals surface area contributed by atoms with E-state index in [-0.39, 0.29) is 16.4 Å². The van der Waals surface area contributed by atoms with Gasteiger partial charge in [0.2, 0.25) is 0 Å². The van der Waals surface area contributed by atoms with Crippen molar-refractivity contribution in [1.29, 1.82) is 0 Å². The molecule has 2 aromatic rings. The molecule has 0 amide bonds. The van der Waals surface area contributed by atoms with Gasteiger partial charge in [-0.1, -0.05) is 0 Å². The zero-order chi connectivity index (χ0) is 15.7. The number of hydrogen-bond donors (Lipinski definition) is 2. The first-order chi connectivity index (χ1) is 9.81. The van der Waals surface area contributed by atoms with Gasteiger partial charge in [0.1, 0.15) is 0 Å². The number of carboxylic acid groups (broad SMARTS) is 1. The van der Waals surface area contributed by atoms with Crippen molar-refractivity contribution in [3.05, 3.63) is 43.9 Å². The number of aromatic nitrogens is 3. The minimum Gasteiger partial charge on any atom is -0.478 e. The second-order valence-corrected chi connectivity index (χ2v) is 5.16. The van der Waals surface area contributed by atoms with Crippen LogP contribution in [0.15, 0.2) is 27.0 Å². The number of nitro groups is 1. The van der Waals surface area contributed by atoms with Crippen molar-refractivity contribution in [3.8, 4) is 0 Å². The van der Waals surface area contributed by atoms with Crippen molar-refractivity contribution in [1.82, 2.24) is 14.8 Å². The van der Waals surface area contributed by atoms with Crippen LogP contribution in [0.2, 0.25) is 0 Å². The van der Waals surface area contributed by atoms with E-state index in [0.29, 0.717) is 10.5 Å². The third kappa shape index (κ3) is 2.79. The summed E-state index contributed by atoms with van der Waals surface area (Å²) in [6, 6.07) is 2.32. The van der Waals surface area contributed by atoms with Gasteiger partial charge in [-0.15, -0.1) is 5.10 Å². The van der Waals surface area contributed by atoms with Crippen LogP contribution in [0.1, 0.15) is 15.9 Å². The predicted octanol–water partition coefficient (Wildman–Crippen LogP) is 1.17. The number of carboxylic acids is 1. The molecule has 0 saturated carbocycles. The Bertz CT molecular complexity index is 794. The highest BCUT2D eigenvalue weighted by atomic mass is 32.2. The van der Waals surface area contributed by atoms with Gasteiger partial charge >= 0.3 is 11.7 Å². The van der Waals surface area contributed by atoms with Crippen molar-refractivity contribution < 1.29 is 14.8 Å². The molecular weight excluding hydrogens is 300 g/mol. The molecule has 1 heterocycles. The lowest BCUT2D eigenvalue weighted by atomic mass is 10.1. The van der Waals surface area contributed by atoms with Crippen LogP contribution in [0.4, 0.5) is 5.69 Å². The summed E-state index contributed by atoms with van der Waals surface area (Å²) in [4.78, 5) is 33.1. The summed E-state index contributed by atoms with van der Waals surface area (Å²) in [6.07, 6.45) is 0. The fourth-order valence-corrected chi connectivity index (χ4v) is 2.57. The average molecular weight is 310 g/mol. The summed E-state index contributed by atoms with van der Waals surface area (Å²) < 4.78 is 1.23. The molecule has 1 aromatic heterocycles. The fraction of sp³-hybridized carbons (Fsp3) is 0.182. The molecule has 2 N–H and O–H groups in total. The van der Waals surface area contributed by atoms with E-state index in [2.05, 4.69) is 10.2 Å². The second kappa shape index (κ2) is 5.40. The number of aromatic amines is 1. The summed E-state index contributed by atoms with van der Waals surface area (Å²) in [5.74, 6) is -1.27. The van der Waals surface area contributed by atoms with Gasteiger partial charge in [-0.25, -0.2) is 14.7 Å². The Morgan fingerprint density at radius 1 is 1.52 bits per heavy atom. The number of benzene rings is 1. The van der Waals surface area contributed by atoms with Gasteiger partial charge in [0.15, 0.2) is 5.16 Å². The predicted molar refractivity (Wildman–Crippen MR) is 72.7 cm³/mol. The highest BCUT2D eigenvalue weighted by Crippen LogP contribution is 2.34. The van der Waals surface area contributed by atoms with Crippen molar-refractivity contribution in [2.24, 2.45) is 7.05 Å². The Hall–Kier alpha value is -2.62. The van der Waals surface area contributed by atoms with E-state index in [1.54, 1.807) is 0 Å². The second-order valence-electron chi connectivity index (χ2n) is 4.15. The first-order valence-corrected chi connectivity index (χ1v) is 6.44. The summed E-state index contributed by atoms with van der Waals surface area (Å²) in [7, 11) is 1.49. The van der Waals surface area contributed by atoms with Crippen LogP contribution in [0.25, 0.3) is 0 Å². The molecule has 0 aliphatic carbocycles. The third-order valence-corrected chi connectivity index (χ3v) is 4.01. The molecule has 0 radical (unpaired) electrons. The van der Waals surface area contributed by atoms with E-state index in [1.807, 2.05) is 0 Å². The molecule has 9 nitrogen and oxygen atoms in total. The third-order valence-electron chi connectivity index (χ3n) is 2.82. The first-order valence-electron chi connectivity index (χ1n) is 5.63. The number of nitrogens with one attached hydrogen (secondary N) is 1. The maximum Gasteiger partial charge on any atom is 0.343 e. The molecule has 0 unspecified atom stereocenters. The van der Waals surface area contributed by atoms with Gasteiger partial charge < -0.3 is 5.11 Å². The van der Waals surface area contributed by atoms with E-state index in [1.165, 1.54) is 24.6 Å². The standard InChI is InChI=1S/C11H10N4O5S/c1-5-7(15(19)20)3-6(9(16)17)4-8(5)21-11-13-12-10(18)14(11)2/h3-4H,1-2H3,(H,12,18)(H,16,17). The minimum atomic E-state index is -1.27. The van der Waals surface area contributed by atoms with E-state index in [4.69, 9.17) is 5.11 Å². The molecule has 21 heavy (non-hydrogen) atoms. The zero-order valence-electron chi connectivity index (χ0n) is 11.0. The largest absolute Gasteiger partial charge is 0.478 e. The lowest BCUT2D eigenvalue weighted by molar-refractivity contribution is -0.385. The van der Waals surface area contributed by atoms with Gasteiger partial charge in [-0.05, 0) is 24.8 Å². The van der Waals surface area contributed by atoms with Crippen LogP contribution in [0, 0.1) is 17.0 Å². The van der Waals surface area contributed by atoms with E-state index in [0.717, 1.165) is 17.8 Å². The lowest BCUT2D eigenvalue weighted by Crippen LogP contribution is -2.12. The van der Waals surface area contributed by atoms with Gasteiger partial charge in [-0.3, -0.25) is 14.7 Å². The maximum absolute atomic E-state index is 11.3. The monoisotopic (exact) mass is 310 g/mol. The van der Waals surface area contributed by atoms with E-state index < -0.39 is 16.6 Å². The number of carbonyl (C=O) groups is 1. The Morgan fingerprint density at radius 2 is 2.19 bits per heavy atom. The molecule has 0 aliphatic heterocycles. The molecular formula is C11H10N4O5S. The molecule has 2 rings (SSSR count). The highest BCUT2D eigenvalue weighted by molar-refractivity contribution is 7.99. The Morgan fingerprint density at radius 3 is 2.67 bits per heavy atom. The van der Waals surface area contributed by atoms with Crippen LogP contribution in [0.3, 0.4) is 0 Å². The van der Waals surface area contributed by atoms with Gasteiger partial charge in [0.25, 0.3) is 5.69 Å². The Balaban J connectivity index is 2.57. The van der Waals surface area contributed by atoms with E-state index in [9.17, 15) is 19.7 Å². The number of nitro benzene ring substituents is 1. The summed E-state index contributed by atoms with van der Waals surface area (Å²) >= 11 is 0.978. The first kappa shape index (κ1) is 14.8. The SMILES string of the molecule is Cc1c(Sc2n[nH]c(=O)n2C)cc(C(=O)O)cc1[N+](=O)[O-]. The lowest BCUT2D eigenvalue weighted by Gasteiger charge is -2.07. The number of aromatic carboxylic acids is 1. The highest BCUT2D eigenvalue weighted by Gasteiger charge is 2.20. The maximum atomic E-state index is 11.3. The molecule has 0 saturated heterocycles. The number of H-pyrrole nitrogens is 1. The van der Waals surface area contributed by atoms with Crippen molar-refractivity contribution in [2.75, 3.05) is 0 Å². The van der Waals surface area contributed by atoms with Crippen molar-refractivity contribution in [3.63, 3.8) is 0 Å². The van der Waals surface area contributed by atoms with Gasteiger partial charge in [0.05, 0.1) is 10.5 Å². The van der Waals surface area contributed by atoms with Crippen molar-refractivity contribution in [2.45, 2.75) is 17.0 Å². The summed E-state index contributed by atoms with van der Waals surface area (Å²) in [5.41, 5.74) is -0.613. The molecule has 0 spiro atoms. The molecule has 110 valence electrons. The topological polar surface area (TPSA) is 131 Å². The average Bonchev–Trinajstić information content (AvgIpc) is 2.72. The van der Waals surface area contributed by atoms with E-state index >= 15 is 0 Å². The summed E-state index contributed by atoms with van der Waals surface area (Å²) in [6.45, 7) is 1.51. The van der Waals surface area contributed by atoms with Crippen LogP contribution in [0.5, 0.6) is 0 Å². The van der Waals surface area contributed by atoms with Crippen LogP contribution >= 0.6 is 11.8 Å². The zero-order valence-corrected chi connectivity index (χ0v) is 11.8. The van der Waals surface area contributed by atoms with Crippen LogP contribution in [-0.4, -0.2) is 30.8 Å².